The van der Waals surface area contributed by atoms with Gasteiger partial charge in [-0.15, -0.1) is 0 Å². The molecular formula is C13H12F13NO2. The number of likely N-dealkylation sites (tertiary alicyclic amines) is 1. The number of rotatable bonds is 8. The zero-order valence-electron chi connectivity index (χ0n) is 14.0. The quantitative estimate of drug-likeness (QED) is 0.440. The van der Waals surface area contributed by atoms with E-state index in [2.05, 4.69) is 0 Å². The maximum atomic E-state index is 13.6. The summed E-state index contributed by atoms with van der Waals surface area (Å²) in [6.07, 6.45) is -9.92. The molecule has 0 radical (unpaired) electrons. The fourth-order valence-corrected chi connectivity index (χ4v) is 2.38. The van der Waals surface area contributed by atoms with Crippen molar-refractivity contribution in [3.63, 3.8) is 0 Å². The number of halogens is 13. The lowest BCUT2D eigenvalue weighted by molar-refractivity contribution is -0.440. The van der Waals surface area contributed by atoms with Crippen LogP contribution in [0.15, 0.2) is 0 Å². The molecule has 1 aliphatic heterocycles. The molecule has 3 nitrogen and oxygen atoms in total. The van der Waals surface area contributed by atoms with Gasteiger partial charge in [-0.1, -0.05) is 0 Å². The molecule has 1 amide bonds. The summed E-state index contributed by atoms with van der Waals surface area (Å²) in [7, 11) is 0. The number of hydrogen-bond donors (Lipinski definition) is 1. The predicted octanol–water partition coefficient (Wildman–Crippen LogP) is 3.96. The van der Waals surface area contributed by atoms with Crippen LogP contribution in [0.4, 0.5) is 57.1 Å². The minimum absolute atomic E-state index is 0.348. The third-order valence-electron chi connectivity index (χ3n) is 4.39. The van der Waals surface area contributed by atoms with E-state index in [4.69, 9.17) is 5.11 Å². The Morgan fingerprint density at radius 3 is 1.59 bits per heavy atom. The Morgan fingerprint density at radius 1 is 0.828 bits per heavy atom. The molecule has 1 fully saturated rings. The van der Waals surface area contributed by atoms with Gasteiger partial charge in [-0.3, -0.25) is 4.79 Å². The van der Waals surface area contributed by atoms with E-state index < -0.39 is 73.2 Å². The smallest absolute Gasteiger partial charge is 0.395 e. The van der Waals surface area contributed by atoms with Gasteiger partial charge in [0.1, 0.15) is 0 Å². The minimum atomic E-state index is -7.94. The van der Waals surface area contributed by atoms with Crippen LogP contribution in [0, 0.1) is 5.41 Å². The highest BCUT2D eigenvalue weighted by molar-refractivity contribution is 5.88. The van der Waals surface area contributed by atoms with Gasteiger partial charge in [0.05, 0.1) is 12.0 Å². The second-order valence-corrected chi connectivity index (χ2v) is 6.70. The standard InChI is InChI=1S/C13H12F13NO2/c1-7(5-28)4-27(6(7)29)3-2-8(14,15)9(16,17)10(18,19)11(20,21)12(22,23)13(24,25)26/h28H,2-5H2,1H3. The van der Waals surface area contributed by atoms with Crippen molar-refractivity contribution in [2.45, 2.75) is 49.1 Å². The van der Waals surface area contributed by atoms with Gasteiger partial charge in [-0.05, 0) is 6.92 Å². The van der Waals surface area contributed by atoms with Gasteiger partial charge in [-0.2, -0.15) is 57.1 Å². The monoisotopic (exact) mass is 461 g/mol. The van der Waals surface area contributed by atoms with Crippen LogP contribution in [0.3, 0.4) is 0 Å². The average Bonchev–Trinajstić information content (AvgIpc) is 2.55. The van der Waals surface area contributed by atoms with Gasteiger partial charge in [0.2, 0.25) is 5.91 Å². The van der Waals surface area contributed by atoms with Crippen LogP contribution < -0.4 is 0 Å². The third kappa shape index (κ3) is 3.50. The molecule has 1 aliphatic rings. The minimum Gasteiger partial charge on any atom is -0.395 e. The summed E-state index contributed by atoms with van der Waals surface area (Å²) in [5.41, 5.74) is -1.48. The van der Waals surface area contributed by atoms with E-state index in [0.29, 0.717) is 4.90 Å². The number of alkyl halides is 13. The Morgan fingerprint density at radius 2 is 1.24 bits per heavy atom. The van der Waals surface area contributed by atoms with Crippen molar-refractivity contribution in [2.24, 2.45) is 5.41 Å². The summed E-state index contributed by atoms with van der Waals surface area (Å²) in [6.45, 7) is -1.64. The van der Waals surface area contributed by atoms with Gasteiger partial charge < -0.3 is 10.0 Å². The van der Waals surface area contributed by atoms with Crippen LogP contribution in [0.2, 0.25) is 0 Å². The van der Waals surface area contributed by atoms with E-state index in [1.807, 2.05) is 0 Å². The molecule has 0 bridgehead atoms. The highest BCUT2D eigenvalue weighted by atomic mass is 19.4. The first kappa shape index (κ1) is 25.6. The van der Waals surface area contributed by atoms with Crippen LogP contribution in [-0.2, 0) is 4.79 Å². The summed E-state index contributed by atoms with van der Waals surface area (Å²) in [5.74, 6) is -38.2. The lowest BCUT2D eigenvalue weighted by atomic mass is 9.81. The number of β-lactam (4-membered cyclic amide) rings is 1. The number of nitrogens with zero attached hydrogens (tertiary/aromatic N) is 1. The van der Waals surface area contributed by atoms with Gasteiger partial charge in [0.15, 0.2) is 0 Å². The topological polar surface area (TPSA) is 40.5 Å². The molecule has 0 aromatic carbocycles. The Balaban J connectivity index is 3.12. The molecule has 0 saturated carbocycles. The second kappa shape index (κ2) is 6.77. The van der Waals surface area contributed by atoms with Crippen LogP contribution >= 0.6 is 0 Å². The van der Waals surface area contributed by atoms with E-state index >= 15 is 0 Å². The summed E-state index contributed by atoms with van der Waals surface area (Å²) in [5, 5.41) is 8.87. The summed E-state index contributed by atoms with van der Waals surface area (Å²) in [4.78, 5) is 11.9. The number of amides is 1. The van der Waals surface area contributed by atoms with Crippen LogP contribution in [0.5, 0.6) is 0 Å². The zero-order valence-corrected chi connectivity index (χ0v) is 14.0. The molecule has 1 heterocycles. The SMILES string of the molecule is CC1(CO)CN(CCC(F)(F)C(F)(F)C(F)(F)C(F)(F)C(F)(F)C(F)(F)F)C1=O. The molecule has 0 spiro atoms. The van der Waals surface area contributed by atoms with Crippen LogP contribution in [0.25, 0.3) is 0 Å². The second-order valence-electron chi connectivity index (χ2n) is 6.70. The van der Waals surface area contributed by atoms with E-state index in [9.17, 15) is 61.9 Å². The van der Waals surface area contributed by atoms with Crippen molar-refractivity contribution in [3.8, 4) is 0 Å². The lowest BCUT2D eigenvalue weighted by Crippen LogP contribution is -2.70. The summed E-state index contributed by atoms with van der Waals surface area (Å²) < 4.78 is 168. The fourth-order valence-electron chi connectivity index (χ4n) is 2.38. The molecular weight excluding hydrogens is 449 g/mol. The van der Waals surface area contributed by atoms with E-state index in [1.54, 1.807) is 0 Å². The molecule has 1 atom stereocenters. The van der Waals surface area contributed by atoms with Gasteiger partial charge in [-0.25, -0.2) is 0 Å². The maximum absolute atomic E-state index is 13.6. The Labute approximate surface area is 153 Å². The lowest BCUT2D eigenvalue weighted by Gasteiger charge is -2.46. The van der Waals surface area contributed by atoms with Crippen molar-refractivity contribution in [1.82, 2.24) is 4.90 Å². The van der Waals surface area contributed by atoms with Crippen molar-refractivity contribution >= 4 is 5.91 Å². The molecule has 0 aromatic rings. The first-order valence-electron chi connectivity index (χ1n) is 7.39. The largest absolute Gasteiger partial charge is 0.460 e. The molecule has 1 rings (SSSR count). The summed E-state index contributed by atoms with van der Waals surface area (Å²) in [6, 6.07) is 0. The van der Waals surface area contributed by atoms with Crippen molar-refractivity contribution < 1.29 is 67.0 Å². The molecule has 1 N–H and O–H groups in total. The number of aliphatic hydroxyl groups is 1. The molecule has 172 valence electrons. The molecule has 16 heteroatoms. The van der Waals surface area contributed by atoms with Gasteiger partial charge in [0, 0.05) is 19.5 Å². The highest BCUT2D eigenvalue weighted by Gasteiger charge is 2.90. The Hall–Kier alpha value is -1.48. The first-order valence-corrected chi connectivity index (χ1v) is 7.39. The Bertz CT molecular complexity index is 645. The molecule has 1 saturated heterocycles. The maximum Gasteiger partial charge on any atom is 0.460 e. The number of carbonyl (C=O) groups is 1. The number of aliphatic hydroxyl groups excluding tert-OH is 1. The fraction of sp³-hybridized carbons (Fsp3) is 0.923. The average molecular weight is 461 g/mol. The van der Waals surface area contributed by atoms with Crippen molar-refractivity contribution in [2.75, 3.05) is 19.7 Å². The third-order valence-corrected chi connectivity index (χ3v) is 4.39. The predicted molar refractivity (Wildman–Crippen MR) is 67.2 cm³/mol. The molecule has 29 heavy (non-hydrogen) atoms. The van der Waals surface area contributed by atoms with Crippen LogP contribution in [-0.4, -0.2) is 71.4 Å². The van der Waals surface area contributed by atoms with Crippen molar-refractivity contribution in [1.29, 1.82) is 0 Å². The van der Waals surface area contributed by atoms with Crippen molar-refractivity contribution in [3.05, 3.63) is 0 Å². The number of hydrogen-bond acceptors (Lipinski definition) is 2. The van der Waals surface area contributed by atoms with Crippen LogP contribution in [0.1, 0.15) is 13.3 Å². The van der Waals surface area contributed by atoms with Gasteiger partial charge >= 0.3 is 35.8 Å². The zero-order chi connectivity index (χ0) is 23.5. The normalized spacial score (nSPS) is 22.7. The first-order chi connectivity index (χ1) is 12.5. The van der Waals surface area contributed by atoms with E-state index in [0.717, 1.165) is 6.92 Å². The highest BCUT2D eigenvalue weighted by Crippen LogP contribution is 2.60. The number of carbonyl (C=O) groups excluding carboxylic acids is 1. The van der Waals surface area contributed by atoms with Gasteiger partial charge in [0.25, 0.3) is 0 Å². The molecule has 0 aromatic heterocycles. The van der Waals surface area contributed by atoms with E-state index in [-0.39, 0.29) is 0 Å². The van der Waals surface area contributed by atoms with E-state index in [1.165, 1.54) is 0 Å². The molecule has 1 unspecified atom stereocenters. The Kier molecular flexibility index (Phi) is 5.96. The molecule has 0 aliphatic carbocycles. The summed E-state index contributed by atoms with van der Waals surface area (Å²) >= 11 is 0.